The molecule has 7 nitrogen and oxygen atoms in total. The lowest BCUT2D eigenvalue weighted by Crippen LogP contribution is -2.47. The molecule has 3 aromatic rings. The Bertz CT molecular complexity index is 1060. The molecule has 2 heterocycles. The zero-order valence-corrected chi connectivity index (χ0v) is 17.0. The molecule has 0 bridgehead atoms. The first kappa shape index (κ1) is 18.7. The average molecular weight is 446 g/mol. The van der Waals surface area contributed by atoms with E-state index in [2.05, 4.69) is 54.1 Å². The summed E-state index contributed by atoms with van der Waals surface area (Å²) in [5, 5.41) is 6.80. The molecule has 1 aliphatic carbocycles. The van der Waals surface area contributed by atoms with Crippen LogP contribution in [0.15, 0.2) is 48.5 Å². The van der Waals surface area contributed by atoms with E-state index in [9.17, 15) is 9.59 Å². The maximum absolute atomic E-state index is 13.0. The number of H-pyrrole nitrogens is 1. The molecule has 2 N–H and O–H groups in total. The fourth-order valence-corrected chi connectivity index (χ4v) is 4.70. The number of hydrogen-bond acceptors (Lipinski definition) is 5. The number of halogens is 1. The third-order valence-corrected chi connectivity index (χ3v) is 5.86. The van der Waals surface area contributed by atoms with Crippen molar-refractivity contribution in [3.8, 4) is 11.6 Å². The van der Waals surface area contributed by atoms with Crippen molar-refractivity contribution in [3.63, 3.8) is 0 Å². The lowest BCUT2D eigenvalue weighted by atomic mass is 9.76. The fourth-order valence-electron chi connectivity index (χ4n) is 3.83. The highest BCUT2D eigenvalue weighted by molar-refractivity contribution is 9.10. The van der Waals surface area contributed by atoms with E-state index in [1.54, 1.807) is 12.1 Å². The summed E-state index contributed by atoms with van der Waals surface area (Å²) in [5.41, 5.74) is 1.79. The SMILES string of the molecule is Cc1ccc(C2(NC(=O)c3ccc(-c4noc(=O)[nH]4)o3)CCCCC2)c(Br)c1. The number of amides is 1. The minimum atomic E-state index is -0.678. The maximum Gasteiger partial charge on any atom is 0.439 e. The van der Waals surface area contributed by atoms with Crippen LogP contribution in [-0.4, -0.2) is 16.0 Å². The number of benzene rings is 1. The normalized spacial score (nSPS) is 16.1. The van der Waals surface area contributed by atoms with Crippen molar-refractivity contribution in [2.24, 2.45) is 0 Å². The minimum Gasteiger partial charge on any atom is -0.448 e. The van der Waals surface area contributed by atoms with Gasteiger partial charge in [-0.15, -0.1) is 0 Å². The number of nitrogens with zero attached hydrogens (tertiary/aromatic N) is 1. The van der Waals surface area contributed by atoms with Crippen LogP contribution in [0.3, 0.4) is 0 Å². The topological polar surface area (TPSA) is 101 Å². The molecule has 0 spiro atoms. The van der Waals surface area contributed by atoms with Gasteiger partial charge in [-0.2, -0.15) is 0 Å². The molecule has 1 amide bonds. The van der Waals surface area contributed by atoms with Gasteiger partial charge in [-0.05, 0) is 49.1 Å². The molecule has 2 aromatic heterocycles. The first-order chi connectivity index (χ1) is 13.5. The zero-order chi connectivity index (χ0) is 19.7. The van der Waals surface area contributed by atoms with Crippen molar-refractivity contribution in [1.29, 1.82) is 0 Å². The Balaban J connectivity index is 1.63. The van der Waals surface area contributed by atoms with E-state index >= 15 is 0 Å². The van der Waals surface area contributed by atoms with Crippen molar-refractivity contribution >= 4 is 21.8 Å². The molecule has 0 saturated heterocycles. The van der Waals surface area contributed by atoms with Gasteiger partial charge in [-0.25, -0.2) is 4.79 Å². The third kappa shape index (κ3) is 3.56. The highest BCUT2D eigenvalue weighted by Gasteiger charge is 2.37. The molecule has 1 saturated carbocycles. The average Bonchev–Trinajstić information content (AvgIpc) is 3.31. The number of rotatable bonds is 4. The van der Waals surface area contributed by atoms with Gasteiger partial charge in [0.1, 0.15) is 0 Å². The van der Waals surface area contributed by atoms with Crippen LogP contribution in [0.25, 0.3) is 11.6 Å². The minimum absolute atomic E-state index is 0.151. The number of carbonyl (C=O) groups is 1. The standard InChI is InChI=1S/C20H20BrN3O4/c1-12-5-6-13(14(21)11-12)20(9-3-2-4-10-20)23-18(25)16-8-7-15(27-16)17-22-19(26)28-24-17/h5-8,11H,2-4,9-10H2,1H3,(H,23,25)(H,22,24,26). The Labute approximate surface area is 169 Å². The van der Waals surface area contributed by atoms with Gasteiger partial charge in [0.2, 0.25) is 5.82 Å². The number of carbonyl (C=O) groups excluding carboxylic acids is 1. The van der Waals surface area contributed by atoms with Gasteiger partial charge in [-0.3, -0.25) is 14.3 Å². The lowest BCUT2D eigenvalue weighted by Gasteiger charge is -2.39. The van der Waals surface area contributed by atoms with Crippen molar-refractivity contribution in [2.45, 2.75) is 44.6 Å². The molecule has 4 rings (SSSR count). The molecule has 0 radical (unpaired) electrons. The summed E-state index contributed by atoms with van der Waals surface area (Å²) in [7, 11) is 0. The van der Waals surface area contributed by atoms with Crippen LogP contribution in [0.4, 0.5) is 0 Å². The van der Waals surface area contributed by atoms with Gasteiger partial charge in [-0.1, -0.05) is 52.5 Å². The monoisotopic (exact) mass is 445 g/mol. The molecular weight excluding hydrogens is 426 g/mol. The van der Waals surface area contributed by atoms with E-state index in [4.69, 9.17) is 4.42 Å². The van der Waals surface area contributed by atoms with Gasteiger partial charge < -0.3 is 9.73 Å². The number of furan rings is 1. The molecule has 0 atom stereocenters. The Morgan fingerprint density at radius 2 is 2.00 bits per heavy atom. The van der Waals surface area contributed by atoms with Crippen LogP contribution in [0.5, 0.6) is 0 Å². The number of aromatic nitrogens is 2. The summed E-state index contributed by atoms with van der Waals surface area (Å²) in [4.78, 5) is 26.5. The van der Waals surface area contributed by atoms with Crippen LogP contribution < -0.4 is 11.1 Å². The summed E-state index contributed by atoms with van der Waals surface area (Å²) in [5.74, 6) is -0.399. The molecule has 146 valence electrons. The van der Waals surface area contributed by atoms with Crippen molar-refractivity contribution in [2.75, 3.05) is 0 Å². The second kappa shape index (κ2) is 7.43. The van der Waals surface area contributed by atoms with Crippen molar-refractivity contribution < 1.29 is 13.7 Å². The highest BCUT2D eigenvalue weighted by atomic mass is 79.9. The maximum atomic E-state index is 13.0. The summed E-state index contributed by atoms with van der Waals surface area (Å²) < 4.78 is 11.1. The fraction of sp³-hybridized carbons (Fsp3) is 0.350. The smallest absolute Gasteiger partial charge is 0.439 e. The van der Waals surface area contributed by atoms with Gasteiger partial charge >= 0.3 is 5.76 Å². The van der Waals surface area contributed by atoms with E-state index in [1.807, 2.05) is 6.92 Å². The molecule has 1 aromatic carbocycles. The van der Waals surface area contributed by atoms with Gasteiger partial charge in [0.15, 0.2) is 11.5 Å². The summed E-state index contributed by atoms with van der Waals surface area (Å²) in [6.45, 7) is 2.04. The Morgan fingerprint density at radius 3 is 2.68 bits per heavy atom. The Hall–Kier alpha value is -2.61. The number of nitrogens with one attached hydrogen (secondary N) is 2. The molecular formula is C20H20BrN3O4. The Kier molecular flexibility index (Phi) is 4.97. The Morgan fingerprint density at radius 1 is 1.21 bits per heavy atom. The number of aryl methyl sites for hydroxylation is 1. The van der Waals surface area contributed by atoms with E-state index in [-0.39, 0.29) is 23.3 Å². The van der Waals surface area contributed by atoms with Crippen LogP contribution in [0.2, 0.25) is 0 Å². The zero-order valence-electron chi connectivity index (χ0n) is 15.4. The molecule has 28 heavy (non-hydrogen) atoms. The summed E-state index contributed by atoms with van der Waals surface area (Å²) >= 11 is 3.67. The molecule has 1 fully saturated rings. The van der Waals surface area contributed by atoms with E-state index in [1.165, 1.54) is 0 Å². The molecule has 0 aliphatic heterocycles. The van der Waals surface area contributed by atoms with E-state index < -0.39 is 11.3 Å². The quantitative estimate of drug-likeness (QED) is 0.623. The first-order valence-electron chi connectivity index (χ1n) is 9.22. The number of hydrogen-bond donors (Lipinski definition) is 2. The van der Waals surface area contributed by atoms with Crippen LogP contribution in [0, 0.1) is 6.92 Å². The molecule has 1 aliphatic rings. The predicted molar refractivity (Wildman–Crippen MR) is 106 cm³/mol. The van der Waals surface area contributed by atoms with E-state index in [0.29, 0.717) is 0 Å². The third-order valence-electron chi connectivity index (χ3n) is 5.20. The van der Waals surface area contributed by atoms with Gasteiger partial charge in [0.05, 0.1) is 5.54 Å². The van der Waals surface area contributed by atoms with Gasteiger partial charge in [0, 0.05) is 4.47 Å². The van der Waals surface area contributed by atoms with E-state index in [0.717, 1.165) is 47.7 Å². The summed E-state index contributed by atoms with van der Waals surface area (Å²) in [6.07, 6.45) is 4.98. The van der Waals surface area contributed by atoms with Crippen LogP contribution >= 0.6 is 15.9 Å². The largest absolute Gasteiger partial charge is 0.448 e. The first-order valence-corrected chi connectivity index (χ1v) is 10.0. The summed E-state index contributed by atoms with van der Waals surface area (Å²) in [6, 6.07) is 9.37. The second-order valence-electron chi connectivity index (χ2n) is 7.19. The predicted octanol–water partition coefficient (Wildman–Crippen LogP) is 4.28. The lowest BCUT2D eigenvalue weighted by molar-refractivity contribution is 0.0837. The van der Waals surface area contributed by atoms with Crippen LogP contribution in [0.1, 0.15) is 53.8 Å². The highest BCUT2D eigenvalue weighted by Crippen LogP contribution is 2.41. The van der Waals surface area contributed by atoms with Gasteiger partial charge in [0.25, 0.3) is 5.91 Å². The number of aromatic amines is 1. The van der Waals surface area contributed by atoms with Crippen molar-refractivity contribution in [1.82, 2.24) is 15.5 Å². The molecule has 8 heteroatoms. The van der Waals surface area contributed by atoms with Crippen LogP contribution in [-0.2, 0) is 5.54 Å². The van der Waals surface area contributed by atoms with Crippen molar-refractivity contribution in [3.05, 3.63) is 62.2 Å². The molecule has 0 unspecified atom stereocenters. The second-order valence-corrected chi connectivity index (χ2v) is 8.04.